The molecule has 2 aliphatic rings. The molecule has 0 radical (unpaired) electrons. The number of carbonyl (C=O) groups is 2. The molecule has 2 aliphatic carbocycles. The molecule has 3 rings (SSSR count). The molecule has 2 fully saturated rings. The van der Waals surface area contributed by atoms with Crippen LogP contribution in [-0.4, -0.2) is 30.7 Å². The van der Waals surface area contributed by atoms with E-state index in [4.69, 9.17) is 4.74 Å². The maximum Gasteiger partial charge on any atom is 0.319 e. The Kier molecular flexibility index (Phi) is 5.91. The van der Waals surface area contributed by atoms with Crippen LogP contribution >= 0.6 is 0 Å². The zero-order valence-electron chi connectivity index (χ0n) is 14.7. The van der Waals surface area contributed by atoms with Gasteiger partial charge in [-0.15, -0.1) is 0 Å². The monoisotopic (exact) mass is 345 g/mol. The Morgan fingerprint density at radius 2 is 1.64 bits per heavy atom. The van der Waals surface area contributed by atoms with E-state index in [9.17, 15) is 9.59 Å². The van der Waals surface area contributed by atoms with E-state index >= 15 is 0 Å². The lowest BCUT2D eigenvalue weighted by Crippen LogP contribution is -2.30. The molecule has 0 saturated heterocycles. The van der Waals surface area contributed by atoms with Gasteiger partial charge in [0.05, 0.1) is 6.10 Å². The van der Waals surface area contributed by atoms with Crippen molar-refractivity contribution in [3.8, 4) is 0 Å². The lowest BCUT2D eigenvalue weighted by molar-refractivity contribution is -0.124. The van der Waals surface area contributed by atoms with Crippen LogP contribution in [0.15, 0.2) is 24.3 Å². The minimum absolute atomic E-state index is 0.0821. The Hall–Kier alpha value is -2.08. The van der Waals surface area contributed by atoms with Crippen molar-refractivity contribution in [3.05, 3.63) is 24.3 Å². The summed E-state index contributed by atoms with van der Waals surface area (Å²) in [5.74, 6) is 0.374. The van der Waals surface area contributed by atoms with E-state index in [-0.39, 0.29) is 24.6 Å². The second kappa shape index (κ2) is 8.34. The van der Waals surface area contributed by atoms with Gasteiger partial charge >= 0.3 is 6.03 Å². The van der Waals surface area contributed by atoms with Crippen LogP contribution < -0.4 is 16.0 Å². The van der Waals surface area contributed by atoms with Gasteiger partial charge in [-0.1, -0.05) is 19.8 Å². The second-order valence-corrected chi connectivity index (χ2v) is 7.11. The topological polar surface area (TPSA) is 79.5 Å². The molecule has 0 unspecified atom stereocenters. The molecule has 0 heterocycles. The Morgan fingerprint density at radius 1 is 1.00 bits per heavy atom. The molecule has 2 saturated carbocycles. The van der Waals surface area contributed by atoms with E-state index < -0.39 is 0 Å². The van der Waals surface area contributed by atoms with E-state index in [1.807, 2.05) is 0 Å². The smallest absolute Gasteiger partial charge is 0.319 e. The lowest BCUT2D eigenvalue weighted by Gasteiger charge is -2.28. The Balaban J connectivity index is 1.40. The van der Waals surface area contributed by atoms with Crippen molar-refractivity contribution in [2.24, 2.45) is 5.92 Å². The first-order chi connectivity index (χ1) is 12.1. The number of amides is 3. The minimum atomic E-state index is -0.186. The number of nitrogens with one attached hydrogen (secondary N) is 3. The molecule has 0 spiro atoms. The summed E-state index contributed by atoms with van der Waals surface area (Å²) in [6, 6.07) is 7.22. The van der Waals surface area contributed by atoms with Crippen molar-refractivity contribution in [1.29, 1.82) is 0 Å². The largest absolute Gasteiger partial charge is 0.368 e. The van der Waals surface area contributed by atoms with E-state index in [2.05, 4.69) is 22.9 Å². The first kappa shape index (κ1) is 17.7. The summed E-state index contributed by atoms with van der Waals surface area (Å²) in [5, 5.41) is 8.47. The normalized spacial score (nSPS) is 22.9. The molecule has 3 N–H and O–H groups in total. The maximum absolute atomic E-state index is 12.0. The van der Waals surface area contributed by atoms with E-state index in [1.54, 1.807) is 24.3 Å². The van der Waals surface area contributed by atoms with Crippen LogP contribution in [0, 0.1) is 5.92 Å². The molecule has 0 aromatic heterocycles. The van der Waals surface area contributed by atoms with Crippen molar-refractivity contribution in [2.75, 3.05) is 17.2 Å². The van der Waals surface area contributed by atoms with Crippen LogP contribution in [0.3, 0.4) is 0 Å². The fourth-order valence-corrected chi connectivity index (χ4v) is 3.13. The van der Waals surface area contributed by atoms with Gasteiger partial charge in [-0.2, -0.15) is 0 Å². The van der Waals surface area contributed by atoms with Gasteiger partial charge in [0.2, 0.25) is 5.91 Å². The Morgan fingerprint density at radius 3 is 2.28 bits per heavy atom. The van der Waals surface area contributed by atoms with Gasteiger partial charge < -0.3 is 20.7 Å². The number of hydrogen-bond acceptors (Lipinski definition) is 3. The third kappa shape index (κ3) is 5.74. The van der Waals surface area contributed by atoms with Gasteiger partial charge in [-0.05, 0) is 55.9 Å². The number of ether oxygens (including phenoxy) is 1. The fraction of sp³-hybridized carbons (Fsp3) is 0.579. The zero-order valence-corrected chi connectivity index (χ0v) is 14.7. The molecule has 1 aromatic carbocycles. The summed E-state index contributed by atoms with van der Waals surface area (Å²) < 4.78 is 5.77. The molecule has 0 bridgehead atoms. The first-order valence-corrected chi connectivity index (χ1v) is 9.19. The predicted molar refractivity (Wildman–Crippen MR) is 97.6 cm³/mol. The summed E-state index contributed by atoms with van der Waals surface area (Å²) in [6.07, 6.45) is 6.95. The van der Waals surface area contributed by atoms with Crippen LogP contribution in [0.5, 0.6) is 0 Å². The SMILES string of the molecule is C[C@H]1CCCC[C@H]1OCC(=O)Nc1ccc(NC(=O)NC2CC2)cc1. The summed E-state index contributed by atoms with van der Waals surface area (Å²) in [4.78, 5) is 23.7. The summed E-state index contributed by atoms with van der Waals surface area (Å²) in [7, 11) is 0. The van der Waals surface area contributed by atoms with Crippen molar-refractivity contribution in [3.63, 3.8) is 0 Å². The highest BCUT2D eigenvalue weighted by Crippen LogP contribution is 2.26. The minimum Gasteiger partial charge on any atom is -0.368 e. The summed E-state index contributed by atoms with van der Waals surface area (Å²) in [6.45, 7) is 2.27. The molecule has 2 atom stereocenters. The molecule has 0 aliphatic heterocycles. The molecule has 6 nitrogen and oxygen atoms in total. The molecule has 6 heteroatoms. The van der Waals surface area contributed by atoms with E-state index in [1.165, 1.54) is 19.3 Å². The van der Waals surface area contributed by atoms with Crippen molar-refractivity contribution < 1.29 is 14.3 Å². The summed E-state index contributed by atoms with van der Waals surface area (Å²) >= 11 is 0. The van der Waals surface area contributed by atoms with Gasteiger partial charge in [0.15, 0.2) is 0 Å². The highest BCUT2D eigenvalue weighted by molar-refractivity contribution is 5.93. The molecular weight excluding hydrogens is 318 g/mol. The molecule has 25 heavy (non-hydrogen) atoms. The van der Waals surface area contributed by atoms with Crippen LogP contribution in [0.4, 0.5) is 16.2 Å². The van der Waals surface area contributed by atoms with Gasteiger partial charge in [0.1, 0.15) is 6.61 Å². The highest BCUT2D eigenvalue weighted by atomic mass is 16.5. The Labute approximate surface area is 148 Å². The number of hydrogen-bond donors (Lipinski definition) is 3. The van der Waals surface area contributed by atoms with Crippen LogP contribution in [0.25, 0.3) is 0 Å². The van der Waals surface area contributed by atoms with Crippen LogP contribution in [0.2, 0.25) is 0 Å². The fourth-order valence-electron chi connectivity index (χ4n) is 3.13. The lowest BCUT2D eigenvalue weighted by atomic mass is 9.88. The number of urea groups is 1. The third-order valence-electron chi connectivity index (χ3n) is 4.80. The van der Waals surface area contributed by atoms with Crippen molar-refractivity contribution >= 4 is 23.3 Å². The average Bonchev–Trinajstić information content (AvgIpc) is 3.40. The second-order valence-electron chi connectivity index (χ2n) is 7.11. The van der Waals surface area contributed by atoms with Crippen LogP contribution in [0.1, 0.15) is 45.4 Å². The highest BCUT2D eigenvalue weighted by Gasteiger charge is 2.23. The van der Waals surface area contributed by atoms with E-state index in [0.29, 0.717) is 23.3 Å². The standard InChI is InChI=1S/C19H27N3O3/c1-13-4-2-3-5-17(13)25-12-18(23)20-14-6-8-15(9-7-14)21-19(24)22-16-10-11-16/h6-9,13,16-17H,2-5,10-12H2,1H3,(H,20,23)(H2,21,22,24)/t13-,17+/m0/s1. The molecule has 136 valence electrons. The Bertz CT molecular complexity index is 598. The first-order valence-electron chi connectivity index (χ1n) is 9.19. The van der Waals surface area contributed by atoms with Gasteiger partial charge in [-0.3, -0.25) is 4.79 Å². The maximum atomic E-state index is 12.0. The number of anilines is 2. The van der Waals surface area contributed by atoms with Crippen molar-refractivity contribution in [2.45, 2.75) is 57.6 Å². The van der Waals surface area contributed by atoms with Gasteiger partial charge in [-0.25, -0.2) is 4.79 Å². The zero-order chi connectivity index (χ0) is 17.6. The number of benzene rings is 1. The molecular formula is C19H27N3O3. The molecule has 1 aromatic rings. The van der Waals surface area contributed by atoms with Gasteiger partial charge in [0, 0.05) is 17.4 Å². The number of carbonyl (C=O) groups excluding carboxylic acids is 2. The van der Waals surface area contributed by atoms with Gasteiger partial charge in [0.25, 0.3) is 0 Å². The predicted octanol–water partition coefficient (Wildman–Crippen LogP) is 3.50. The quantitative estimate of drug-likeness (QED) is 0.738. The molecule has 3 amide bonds. The van der Waals surface area contributed by atoms with Crippen LogP contribution in [-0.2, 0) is 9.53 Å². The third-order valence-corrected chi connectivity index (χ3v) is 4.80. The average molecular weight is 345 g/mol. The van der Waals surface area contributed by atoms with Crippen molar-refractivity contribution in [1.82, 2.24) is 5.32 Å². The number of rotatable bonds is 6. The van der Waals surface area contributed by atoms with E-state index in [0.717, 1.165) is 19.3 Å². The summed E-state index contributed by atoms with van der Waals surface area (Å²) in [5.41, 5.74) is 1.39.